The van der Waals surface area contributed by atoms with Gasteiger partial charge in [0.25, 0.3) is 0 Å². The summed E-state index contributed by atoms with van der Waals surface area (Å²) in [4.78, 5) is 24.5. The number of benzene rings is 1. The van der Waals surface area contributed by atoms with Crippen molar-refractivity contribution in [2.45, 2.75) is 45.4 Å². The summed E-state index contributed by atoms with van der Waals surface area (Å²) in [5, 5.41) is 19.4. The molecule has 1 aromatic heterocycles. The van der Waals surface area contributed by atoms with Gasteiger partial charge in [0.2, 0.25) is 5.75 Å². The fourth-order valence-electron chi connectivity index (χ4n) is 2.67. The highest BCUT2D eigenvalue weighted by Crippen LogP contribution is 2.34. The van der Waals surface area contributed by atoms with Gasteiger partial charge in [0, 0.05) is 6.61 Å². The van der Waals surface area contributed by atoms with E-state index in [1.54, 1.807) is 6.07 Å². The van der Waals surface area contributed by atoms with Gasteiger partial charge in [0.1, 0.15) is 5.58 Å². The number of carbonyl (C=O) groups is 1. The third-order valence-corrected chi connectivity index (χ3v) is 4.12. The fourth-order valence-corrected chi connectivity index (χ4v) is 2.67. The molecule has 7 heteroatoms. The van der Waals surface area contributed by atoms with E-state index >= 15 is 0 Å². The van der Waals surface area contributed by atoms with Crippen LogP contribution in [0.25, 0.3) is 11.0 Å². The summed E-state index contributed by atoms with van der Waals surface area (Å²) in [5.74, 6) is -1.35. The summed E-state index contributed by atoms with van der Waals surface area (Å²) in [6.07, 6.45) is 4.90. The lowest BCUT2D eigenvalue weighted by molar-refractivity contribution is 0.0494. The molecule has 0 bridgehead atoms. The van der Waals surface area contributed by atoms with Crippen molar-refractivity contribution in [3.05, 3.63) is 34.2 Å². The lowest BCUT2D eigenvalue weighted by atomic mass is 10.1. The standard InChI is InChI=1S/C20H26O7/c1-2-3-4-6-12-25-18-17(22)16-14(19(23)26-13-7-5-11-21)9-8-10-15(16)27-20(18)24/h8-10,21-22H,2-7,11-13H2,1H3. The molecule has 27 heavy (non-hydrogen) atoms. The van der Waals surface area contributed by atoms with E-state index in [9.17, 15) is 14.7 Å². The van der Waals surface area contributed by atoms with Crippen LogP contribution in [-0.4, -0.2) is 36.0 Å². The molecular weight excluding hydrogens is 352 g/mol. The third-order valence-electron chi connectivity index (χ3n) is 4.12. The van der Waals surface area contributed by atoms with Gasteiger partial charge in [-0.15, -0.1) is 0 Å². The van der Waals surface area contributed by atoms with Crippen molar-refractivity contribution < 1.29 is 28.9 Å². The molecule has 0 radical (unpaired) electrons. The second kappa shape index (κ2) is 10.6. The molecule has 0 spiro atoms. The van der Waals surface area contributed by atoms with Crippen LogP contribution >= 0.6 is 0 Å². The van der Waals surface area contributed by atoms with E-state index in [-0.39, 0.29) is 42.1 Å². The van der Waals surface area contributed by atoms with Crippen molar-refractivity contribution in [1.29, 1.82) is 0 Å². The SMILES string of the molecule is CCCCCCOc1c(O)c2c(C(=O)OCCCCO)cccc2oc1=O. The molecule has 7 nitrogen and oxygen atoms in total. The lowest BCUT2D eigenvalue weighted by Gasteiger charge is -2.11. The first-order valence-electron chi connectivity index (χ1n) is 9.29. The Morgan fingerprint density at radius 3 is 2.63 bits per heavy atom. The highest BCUT2D eigenvalue weighted by atomic mass is 16.5. The van der Waals surface area contributed by atoms with Gasteiger partial charge in [0.05, 0.1) is 24.2 Å². The Balaban J connectivity index is 2.25. The van der Waals surface area contributed by atoms with Crippen LogP contribution in [0.2, 0.25) is 0 Å². The summed E-state index contributed by atoms with van der Waals surface area (Å²) in [7, 11) is 0. The zero-order valence-corrected chi connectivity index (χ0v) is 15.5. The third kappa shape index (κ3) is 5.47. The number of hydrogen-bond donors (Lipinski definition) is 2. The van der Waals surface area contributed by atoms with Gasteiger partial charge in [-0.05, 0) is 31.4 Å². The molecule has 2 rings (SSSR count). The van der Waals surface area contributed by atoms with Crippen LogP contribution in [0.4, 0.5) is 0 Å². The number of aliphatic hydroxyl groups is 1. The monoisotopic (exact) mass is 378 g/mol. The van der Waals surface area contributed by atoms with Gasteiger partial charge in [-0.3, -0.25) is 0 Å². The van der Waals surface area contributed by atoms with Crippen LogP contribution in [-0.2, 0) is 4.74 Å². The van der Waals surface area contributed by atoms with E-state index in [1.807, 2.05) is 0 Å². The van der Waals surface area contributed by atoms with E-state index in [1.165, 1.54) is 12.1 Å². The minimum atomic E-state index is -0.788. The maximum absolute atomic E-state index is 12.3. The Morgan fingerprint density at radius 1 is 1.11 bits per heavy atom. The average Bonchev–Trinajstić information content (AvgIpc) is 2.66. The zero-order valence-electron chi connectivity index (χ0n) is 15.5. The van der Waals surface area contributed by atoms with E-state index in [4.69, 9.17) is 19.0 Å². The topological polar surface area (TPSA) is 106 Å². The number of esters is 1. The summed E-state index contributed by atoms with van der Waals surface area (Å²) in [6.45, 7) is 2.54. The van der Waals surface area contributed by atoms with Gasteiger partial charge in [-0.2, -0.15) is 0 Å². The van der Waals surface area contributed by atoms with Crippen molar-refractivity contribution in [2.75, 3.05) is 19.8 Å². The molecule has 0 unspecified atom stereocenters. The molecule has 1 aromatic carbocycles. The minimum absolute atomic E-state index is 0.0245. The van der Waals surface area contributed by atoms with E-state index in [2.05, 4.69) is 6.92 Å². The van der Waals surface area contributed by atoms with Gasteiger partial charge >= 0.3 is 11.6 Å². The maximum Gasteiger partial charge on any atom is 0.383 e. The molecule has 1 heterocycles. The largest absolute Gasteiger partial charge is 0.504 e. The first-order chi connectivity index (χ1) is 13.1. The van der Waals surface area contributed by atoms with Gasteiger partial charge in [-0.25, -0.2) is 9.59 Å². The second-order valence-corrected chi connectivity index (χ2v) is 6.22. The molecule has 0 aliphatic heterocycles. The van der Waals surface area contributed by atoms with Crippen LogP contribution in [0.3, 0.4) is 0 Å². The zero-order chi connectivity index (χ0) is 19.6. The van der Waals surface area contributed by atoms with E-state index in [0.717, 1.165) is 25.7 Å². The molecular formula is C20H26O7. The number of aliphatic hydroxyl groups excluding tert-OH is 1. The number of ether oxygens (including phenoxy) is 2. The molecule has 148 valence electrons. The van der Waals surface area contributed by atoms with Gasteiger partial charge in [-0.1, -0.05) is 32.3 Å². The van der Waals surface area contributed by atoms with Crippen molar-refractivity contribution in [2.24, 2.45) is 0 Å². The van der Waals surface area contributed by atoms with Crippen molar-refractivity contribution in [1.82, 2.24) is 0 Å². The van der Waals surface area contributed by atoms with Crippen molar-refractivity contribution in [3.63, 3.8) is 0 Å². The molecule has 0 saturated carbocycles. The predicted octanol–water partition coefficient (Wildman–Crippen LogP) is 3.39. The lowest BCUT2D eigenvalue weighted by Crippen LogP contribution is -2.11. The molecule has 0 aliphatic carbocycles. The number of hydrogen-bond acceptors (Lipinski definition) is 7. The molecule has 2 N–H and O–H groups in total. The first kappa shape index (κ1) is 20.8. The van der Waals surface area contributed by atoms with Crippen LogP contribution in [0.5, 0.6) is 11.5 Å². The van der Waals surface area contributed by atoms with E-state index in [0.29, 0.717) is 12.8 Å². The molecule has 0 amide bonds. The number of carbonyl (C=O) groups excluding carboxylic acids is 1. The fraction of sp³-hybridized carbons (Fsp3) is 0.500. The number of rotatable bonds is 11. The molecule has 0 atom stereocenters. The summed E-state index contributed by atoms with van der Waals surface area (Å²) < 4.78 is 15.8. The molecule has 2 aromatic rings. The highest BCUT2D eigenvalue weighted by molar-refractivity contribution is 6.06. The second-order valence-electron chi connectivity index (χ2n) is 6.22. The smallest absolute Gasteiger partial charge is 0.383 e. The van der Waals surface area contributed by atoms with E-state index < -0.39 is 17.3 Å². The quantitative estimate of drug-likeness (QED) is 0.351. The Hall–Kier alpha value is -2.54. The number of aromatic hydroxyl groups is 1. The van der Waals surface area contributed by atoms with Crippen LogP contribution in [0.1, 0.15) is 55.8 Å². The summed E-state index contributed by atoms with van der Waals surface area (Å²) in [5.41, 5.74) is -0.613. The van der Waals surface area contributed by atoms with Crippen LogP contribution in [0, 0.1) is 0 Å². The maximum atomic E-state index is 12.3. The predicted molar refractivity (Wildman–Crippen MR) is 100 cm³/mol. The summed E-state index contributed by atoms with van der Waals surface area (Å²) >= 11 is 0. The number of unbranched alkanes of at least 4 members (excludes halogenated alkanes) is 4. The first-order valence-corrected chi connectivity index (χ1v) is 9.29. The van der Waals surface area contributed by atoms with Crippen molar-refractivity contribution >= 4 is 16.9 Å². The summed E-state index contributed by atoms with van der Waals surface area (Å²) in [6, 6.07) is 4.52. The van der Waals surface area contributed by atoms with Gasteiger partial charge < -0.3 is 24.1 Å². The highest BCUT2D eigenvalue weighted by Gasteiger charge is 2.21. The minimum Gasteiger partial charge on any atom is -0.504 e. The normalized spacial score (nSPS) is 10.9. The number of fused-ring (bicyclic) bond motifs is 1. The molecule has 0 aliphatic rings. The van der Waals surface area contributed by atoms with Crippen LogP contribution in [0.15, 0.2) is 27.4 Å². The Morgan fingerprint density at radius 2 is 1.89 bits per heavy atom. The Labute approximate surface area is 157 Å². The average molecular weight is 378 g/mol. The molecule has 0 fully saturated rings. The van der Waals surface area contributed by atoms with Gasteiger partial charge in [0.15, 0.2) is 5.75 Å². The van der Waals surface area contributed by atoms with Crippen molar-refractivity contribution in [3.8, 4) is 11.5 Å². The Bertz CT molecular complexity index is 810. The van der Waals surface area contributed by atoms with Crippen LogP contribution < -0.4 is 10.4 Å². The Kier molecular flexibility index (Phi) is 8.13. The molecule has 0 saturated heterocycles.